The number of ether oxygens (including phenoxy) is 1. The highest BCUT2D eigenvalue weighted by molar-refractivity contribution is 5.31. The molecule has 1 fully saturated rings. The first-order chi connectivity index (χ1) is 10.2. The summed E-state index contributed by atoms with van der Waals surface area (Å²) < 4.78 is 5.94. The predicted molar refractivity (Wildman–Crippen MR) is 86.6 cm³/mol. The molecule has 0 saturated heterocycles. The zero-order valence-electron chi connectivity index (χ0n) is 12.9. The van der Waals surface area contributed by atoms with Gasteiger partial charge in [0.2, 0.25) is 0 Å². The van der Waals surface area contributed by atoms with Crippen molar-refractivity contribution in [1.82, 2.24) is 5.32 Å². The third-order valence-electron chi connectivity index (χ3n) is 3.76. The van der Waals surface area contributed by atoms with E-state index in [1.54, 1.807) is 0 Å². The second kappa shape index (κ2) is 6.31. The van der Waals surface area contributed by atoms with Crippen LogP contribution in [0.25, 0.3) is 0 Å². The van der Waals surface area contributed by atoms with Gasteiger partial charge in [0, 0.05) is 12.6 Å². The standard InChI is InChI=1S/C19H23NO/c1-14-8-15(2)10-17(9-14)13-21-19-5-3-4-16(11-19)12-20-18-6-7-18/h3-5,8-11,18,20H,6-7,12-13H2,1-2H3. The highest BCUT2D eigenvalue weighted by atomic mass is 16.5. The molecule has 3 rings (SSSR count). The average Bonchev–Trinajstić information content (AvgIpc) is 3.27. The molecular weight excluding hydrogens is 258 g/mol. The number of benzene rings is 2. The van der Waals surface area contributed by atoms with Gasteiger partial charge in [0.05, 0.1) is 0 Å². The third kappa shape index (κ3) is 4.33. The number of hydrogen-bond acceptors (Lipinski definition) is 2. The van der Waals surface area contributed by atoms with Crippen molar-refractivity contribution in [2.75, 3.05) is 0 Å². The summed E-state index contributed by atoms with van der Waals surface area (Å²) in [5, 5.41) is 3.53. The van der Waals surface area contributed by atoms with Crippen LogP contribution < -0.4 is 10.1 Å². The molecule has 0 amide bonds. The summed E-state index contributed by atoms with van der Waals surface area (Å²) in [5.74, 6) is 0.948. The van der Waals surface area contributed by atoms with Crippen LogP contribution in [0, 0.1) is 13.8 Å². The van der Waals surface area contributed by atoms with Crippen LogP contribution in [0.4, 0.5) is 0 Å². The molecular formula is C19H23NO. The lowest BCUT2D eigenvalue weighted by molar-refractivity contribution is 0.305. The summed E-state index contributed by atoms with van der Waals surface area (Å²) in [6.07, 6.45) is 2.64. The smallest absolute Gasteiger partial charge is 0.120 e. The lowest BCUT2D eigenvalue weighted by Gasteiger charge is -2.10. The Morgan fingerprint density at radius 3 is 2.48 bits per heavy atom. The molecule has 2 nitrogen and oxygen atoms in total. The molecule has 1 aliphatic rings. The molecule has 0 spiro atoms. The van der Waals surface area contributed by atoms with Gasteiger partial charge >= 0.3 is 0 Å². The predicted octanol–water partition coefficient (Wildman–Crippen LogP) is 4.13. The molecule has 0 bridgehead atoms. The van der Waals surface area contributed by atoms with Gasteiger partial charge < -0.3 is 10.1 Å². The van der Waals surface area contributed by atoms with Crippen molar-refractivity contribution in [1.29, 1.82) is 0 Å². The van der Waals surface area contributed by atoms with E-state index in [-0.39, 0.29) is 0 Å². The molecule has 2 aromatic rings. The fourth-order valence-electron chi connectivity index (χ4n) is 2.61. The van der Waals surface area contributed by atoms with Crippen molar-refractivity contribution in [2.45, 2.75) is 45.9 Å². The van der Waals surface area contributed by atoms with Crippen molar-refractivity contribution in [3.8, 4) is 5.75 Å². The highest BCUT2D eigenvalue weighted by Crippen LogP contribution is 2.21. The van der Waals surface area contributed by atoms with Gasteiger partial charge in [-0.25, -0.2) is 0 Å². The Hall–Kier alpha value is -1.80. The van der Waals surface area contributed by atoms with Gasteiger partial charge in [0.15, 0.2) is 0 Å². The Morgan fingerprint density at radius 1 is 1.00 bits per heavy atom. The van der Waals surface area contributed by atoms with E-state index in [0.29, 0.717) is 6.61 Å². The van der Waals surface area contributed by atoms with Crippen LogP contribution in [0.5, 0.6) is 5.75 Å². The number of nitrogens with one attached hydrogen (secondary N) is 1. The molecule has 2 heteroatoms. The van der Waals surface area contributed by atoms with Crippen LogP contribution in [0.3, 0.4) is 0 Å². The van der Waals surface area contributed by atoms with Crippen molar-refractivity contribution in [3.63, 3.8) is 0 Å². The van der Waals surface area contributed by atoms with E-state index < -0.39 is 0 Å². The molecule has 2 aromatic carbocycles. The number of rotatable bonds is 6. The molecule has 1 aliphatic carbocycles. The van der Waals surface area contributed by atoms with Gasteiger partial charge in [-0.15, -0.1) is 0 Å². The van der Waals surface area contributed by atoms with E-state index in [9.17, 15) is 0 Å². The zero-order chi connectivity index (χ0) is 14.7. The Bertz CT molecular complexity index is 596. The SMILES string of the molecule is Cc1cc(C)cc(COc2cccc(CNC3CC3)c2)c1. The topological polar surface area (TPSA) is 21.3 Å². The Kier molecular flexibility index (Phi) is 4.26. The fourth-order valence-corrected chi connectivity index (χ4v) is 2.61. The normalized spacial score (nSPS) is 14.2. The van der Waals surface area contributed by atoms with E-state index in [4.69, 9.17) is 4.74 Å². The monoisotopic (exact) mass is 281 g/mol. The van der Waals surface area contributed by atoms with Crippen molar-refractivity contribution in [2.24, 2.45) is 0 Å². The molecule has 0 aliphatic heterocycles. The van der Waals surface area contributed by atoms with Crippen molar-refractivity contribution in [3.05, 3.63) is 64.7 Å². The maximum Gasteiger partial charge on any atom is 0.120 e. The van der Waals surface area contributed by atoms with Crippen LogP contribution in [0.15, 0.2) is 42.5 Å². The van der Waals surface area contributed by atoms with Gasteiger partial charge in [-0.2, -0.15) is 0 Å². The molecule has 0 radical (unpaired) electrons. The molecule has 0 aromatic heterocycles. The summed E-state index contributed by atoms with van der Waals surface area (Å²) >= 11 is 0. The molecule has 21 heavy (non-hydrogen) atoms. The molecule has 0 unspecified atom stereocenters. The summed E-state index contributed by atoms with van der Waals surface area (Å²) in [5.41, 5.74) is 5.10. The van der Waals surface area contributed by atoms with Crippen LogP contribution in [0.2, 0.25) is 0 Å². The van der Waals surface area contributed by atoms with Gasteiger partial charge in [-0.1, -0.05) is 41.5 Å². The Labute approximate surface area is 127 Å². The Balaban J connectivity index is 1.59. The maximum absolute atomic E-state index is 5.94. The van der Waals surface area contributed by atoms with Crippen molar-refractivity contribution >= 4 is 0 Å². The number of aryl methyl sites for hydroxylation is 2. The quantitative estimate of drug-likeness (QED) is 0.859. The van der Waals surface area contributed by atoms with E-state index >= 15 is 0 Å². The fraction of sp³-hybridized carbons (Fsp3) is 0.368. The first kappa shape index (κ1) is 14.2. The van der Waals surface area contributed by atoms with Crippen LogP contribution >= 0.6 is 0 Å². The van der Waals surface area contributed by atoms with E-state index in [0.717, 1.165) is 18.3 Å². The Morgan fingerprint density at radius 2 is 1.76 bits per heavy atom. The molecule has 1 N–H and O–H groups in total. The summed E-state index contributed by atoms with van der Waals surface area (Å²) in [6, 6.07) is 15.7. The second-order valence-electron chi connectivity index (χ2n) is 6.09. The van der Waals surface area contributed by atoms with E-state index in [2.05, 4.69) is 55.6 Å². The zero-order valence-corrected chi connectivity index (χ0v) is 12.9. The van der Waals surface area contributed by atoms with Crippen LogP contribution in [0.1, 0.15) is 35.1 Å². The van der Waals surface area contributed by atoms with E-state index in [1.807, 2.05) is 6.07 Å². The first-order valence-corrected chi connectivity index (χ1v) is 7.71. The maximum atomic E-state index is 5.94. The highest BCUT2D eigenvalue weighted by Gasteiger charge is 2.19. The van der Waals surface area contributed by atoms with Crippen LogP contribution in [-0.4, -0.2) is 6.04 Å². The molecule has 110 valence electrons. The minimum Gasteiger partial charge on any atom is -0.489 e. The van der Waals surface area contributed by atoms with Gasteiger partial charge in [0.1, 0.15) is 12.4 Å². The second-order valence-corrected chi connectivity index (χ2v) is 6.09. The third-order valence-corrected chi connectivity index (χ3v) is 3.76. The van der Waals surface area contributed by atoms with Crippen LogP contribution in [-0.2, 0) is 13.2 Å². The molecule has 0 atom stereocenters. The average molecular weight is 281 g/mol. The molecule has 1 saturated carbocycles. The summed E-state index contributed by atoms with van der Waals surface area (Å²) in [4.78, 5) is 0. The largest absolute Gasteiger partial charge is 0.489 e. The summed E-state index contributed by atoms with van der Waals surface area (Å²) in [7, 11) is 0. The first-order valence-electron chi connectivity index (χ1n) is 7.71. The van der Waals surface area contributed by atoms with Gasteiger partial charge in [-0.05, 0) is 49.9 Å². The van der Waals surface area contributed by atoms with Crippen molar-refractivity contribution < 1.29 is 4.74 Å². The summed E-state index contributed by atoms with van der Waals surface area (Å²) in [6.45, 7) is 5.81. The molecule has 0 heterocycles. The minimum absolute atomic E-state index is 0.627. The lowest BCUT2D eigenvalue weighted by Crippen LogP contribution is -2.15. The van der Waals surface area contributed by atoms with Gasteiger partial charge in [-0.3, -0.25) is 0 Å². The van der Waals surface area contributed by atoms with E-state index in [1.165, 1.54) is 35.1 Å². The minimum atomic E-state index is 0.627. The lowest BCUT2D eigenvalue weighted by atomic mass is 10.1. The van der Waals surface area contributed by atoms with Gasteiger partial charge in [0.25, 0.3) is 0 Å². The number of hydrogen-bond donors (Lipinski definition) is 1.